The standard InChI is InChI=1S/C13H14ClNO2S2/c1-13(2,3)17-12(16)10-7(6-18-11(10)15)8-4-5-9(14)19-8/h4-6H,15H2,1-3H3. The van der Waals surface area contributed by atoms with Crippen molar-refractivity contribution in [1.29, 1.82) is 0 Å². The highest BCUT2D eigenvalue weighted by Crippen LogP contribution is 2.39. The van der Waals surface area contributed by atoms with Crippen LogP contribution in [0.25, 0.3) is 10.4 Å². The fraction of sp³-hybridized carbons (Fsp3) is 0.308. The second-order valence-corrected chi connectivity index (χ2v) is 7.62. The minimum absolute atomic E-state index is 0.397. The Labute approximate surface area is 125 Å². The first-order valence-electron chi connectivity index (χ1n) is 5.64. The lowest BCUT2D eigenvalue weighted by Gasteiger charge is -2.19. The van der Waals surface area contributed by atoms with E-state index in [-0.39, 0.29) is 0 Å². The predicted molar refractivity (Wildman–Crippen MR) is 82.2 cm³/mol. The maximum atomic E-state index is 12.2. The first kappa shape index (κ1) is 14.4. The summed E-state index contributed by atoms with van der Waals surface area (Å²) in [7, 11) is 0. The number of carbonyl (C=O) groups is 1. The number of nitrogen functional groups attached to an aromatic ring is 1. The Balaban J connectivity index is 2.41. The van der Waals surface area contributed by atoms with E-state index in [1.807, 2.05) is 32.2 Å². The molecule has 102 valence electrons. The van der Waals surface area contributed by atoms with E-state index in [0.29, 0.717) is 14.9 Å². The molecule has 0 radical (unpaired) electrons. The second-order valence-electron chi connectivity index (χ2n) is 4.99. The molecule has 0 amide bonds. The van der Waals surface area contributed by atoms with Crippen LogP contribution in [0.3, 0.4) is 0 Å². The molecule has 0 spiro atoms. The van der Waals surface area contributed by atoms with Crippen molar-refractivity contribution in [3.05, 3.63) is 27.4 Å². The van der Waals surface area contributed by atoms with Crippen LogP contribution in [0.15, 0.2) is 17.5 Å². The Hall–Kier alpha value is -1.04. The molecule has 2 N–H and O–H groups in total. The van der Waals surface area contributed by atoms with Crippen LogP contribution >= 0.6 is 34.3 Å². The van der Waals surface area contributed by atoms with E-state index in [4.69, 9.17) is 22.1 Å². The number of carbonyl (C=O) groups excluding carboxylic acids is 1. The molecule has 0 saturated carbocycles. The maximum Gasteiger partial charge on any atom is 0.342 e. The molecule has 2 rings (SSSR count). The van der Waals surface area contributed by atoms with Crippen LogP contribution in [0.2, 0.25) is 4.34 Å². The smallest absolute Gasteiger partial charge is 0.342 e. The van der Waals surface area contributed by atoms with Gasteiger partial charge in [-0.15, -0.1) is 22.7 Å². The van der Waals surface area contributed by atoms with Gasteiger partial charge in [0.1, 0.15) is 16.2 Å². The summed E-state index contributed by atoms with van der Waals surface area (Å²) in [5.41, 5.74) is 6.56. The van der Waals surface area contributed by atoms with E-state index >= 15 is 0 Å². The highest BCUT2D eigenvalue weighted by atomic mass is 35.5. The molecule has 0 fully saturated rings. The number of esters is 1. The monoisotopic (exact) mass is 315 g/mol. The lowest BCUT2D eigenvalue weighted by atomic mass is 10.1. The molecule has 3 nitrogen and oxygen atoms in total. The van der Waals surface area contributed by atoms with Crippen LogP contribution in [0.4, 0.5) is 5.00 Å². The molecule has 2 heterocycles. The van der Waals surface area contributed by atoms with E-state index in [1.54, 1.807) is 6.07 Å². The summed E-state index contributed by atoms with van der Waals surface area (Å²) in [4.78, 5) is 13.1. The van der Waals surface area contributed by atoms with Crippen LogP contribution in [0.1, 0.15) is 31.1 Å². The summed E-state index contributed by atoms with van der Waals surface area (Å²) in [5, 5.41) is 2.32. The first-order valence-corrected chi connectivity index (χ1v) is 7.71. The minimum Gasteiger partial charge on any atom is -0.456 e. The van der Waals surface area contributed by atoms with E-state index in [0.717, 1.165) is 10.4 Å². The zero-order valence-corrected chi connectivity index (χ0v) is 13.2. The van der Waals surface area contributed by atoms with Gasteiger partial charge in [0.2, 0.25) is 0 Å². The van der Waals surface area contributed by atoms with Crippen molar-refractivity contribution < 1.29 is 9.53 Å². The molecule has 0 unspecified atom stereocenters. The summed E-state index contributed by atoms with van der Waals surface area (Å²) in [6, 6.07) is 3.68. The molecule has 2 aromatic heterocycles. The Morgan fingerprint density at radius 2 is 2.05 bits per heavy atom. The molecule has 19 heavy (non-hydrogen) atoms. The average Bonchev–Trinajstić information content (AvgIpc) is 2.81. The van der Waals surface area contributed by atoms with Crippen LogP contribution in [0, 0.1) is 0 Å². The van der Waals surface area contributed by atoms with E-state index in [9.17, 15) is 4.79 Å². The lowest BCUT2D eigenvalue weighted by Crippen LogP contribution is -2.24. The molecule has 2 aromatic rings. The quantitative estimate of drug-likeness (QED) is 0.819. The number of hydrogen-bond acceptors (Lipinski definition) is 5. The number of nitrogens with two attached hydrogens (primary N) is 1. The molecule has 0 saturated heterocycles. The first-order chi connectivity index (χ1) is 8.78. The molecule has 0 aliphatic rings. The summed E-state index contributed by atoms with van der Waals surface area (Å²) in [6.07, 6.45) is 0. The van der Waals surface area contributed by atoms with Gasteiger partial charge in [0.15, 0.2) is 0 Å². The summed E-state index contributed by atoms with van der Waals surface area (Å²) >= 11 is 8.67. The van der Waals surface area contributed by atoms with Gasteiger partial charge >= 0.3 is 5.97 Å². The number of halogens is 1. The molecule has 0 aliphatic heterocycles. The number of thiophene rings is 2. The third kappa shape index (κ3) is 3.29. The van der Waals surface area contributed by atoms with Crippen molar-refractivity contribution in [2.45, 2.75) is 26.4 Å². The third-order valence-electron chi connectivity index (χ3n) is 2.26. The molecule has 0 aromatic carbocycles. The van der Waals surface area contributed by atoms with Gasteiger partial charge in [-0.1, -0.05) is 11.6 Å². The second kappa shape index (κ2) is 5.15. The molecule has 0 atom stereocenters. The van der Waals surface area contributed by atoms with Gasteiger partial charge in [-0.05, 0) is 32.9 Å². The van der Waals surface area contributed by atoms with Crippen molar-refractivity contribution in [3.63, 3.8) is 0 Å². The fourth-order valence-electron chi connectivity index (χ4n) is 1.55. The summed E-state index contributed by atoms with van der Waals surface area (Å²) < 4.78 is 6.07. The van der Waals surface area contributed by atoms with Crippen LogP contribution in [0.5, 0.6) is 0 Å². The highest BCUT2D eigenvalue weighted by molar-refractivity contribution is 7.20. The Bertz CT molecular complexity index is 610. The fourth-order valence-corrected chi connectivity index (χ4v) is 3.49. The Kier molecular flexibility index (Phi) is 3.90. The van der Waals surface area contributed by atoms with Crippen molar-refractivity contribution in [1.82, 2.24) is 0 Å². The molecular formula is C13H14ClNO2S2. The molecule has 0 bridgehead atoms. The van der Waals surface area contributed by atoms with Gasteiger partial charge in [-0.2, -0.15) is 0 Å². The Morgan fingerprint density at radius 1 is 1.37 bits per heavy atom. The summed E-state index contributed by atoms with van der Waals surface area (Å²) in [6.45, 7) is 5.49. The number of anilines is 1. The van der Waals surface area contributed by atoms with Crippen molar-refractivity contribution in [2.24, 2.45) is 0 Å². The van der Waals surface area contributed by atoms with Gasteiger partial charge in [0, 0.05) is 15.8 Å². The van der Waals surface area contributed by atoms with Gasteiger partial charge in [-0.25, -0.2) is 4.79 Å². The SMILES string of the molecule is CC(C)(C)OC(=O)c1c(-c2ccc(Cl)s2)csc1N. The summed E-state index contributed by atoms with van der Waals surface area (Å²) in [5.74, 6) is -0.397. The van der Waals surface area contributed by atoms with E-state index < -0.39 is 11.6 Å². The van der Waals surface area contributed by atoms with Gasteiger partial charge in [0.05, 0.1) is 4.34 Å². The van der Waals surface area contributed by atoms with Crippen molar-refractivity contribution in [2.75, 3.05) is 5.73 Å². The normalized spacial score (nSPS) is 11.6. The van der Waals surface area contributed by atoms with Gasteiger partial charge in [-0.3, -0.25) is 0 Å². The minimum atomic E-state index is -0.546. The largest absolute Gasteiger partial charge is 0.456 e. The Morgan fingerprint density at radius 3 is 2.58 bits per heavy atom. The number of ether oxygens (including phenoxy) is 1. The van der Waals surface area contributed by atoms with E-state index in [2.05, 4.69) is 0 Å². The van der Waals surface area contributed by atoms with Crippen molar-refractivity contribution >= 4 is 45.2 Å². The molecule has 6 heteroatoms. The lowest BCUT2D eigenvalue weighted by molar-refractivity contribution is 0.00722. The average molecular weight is 316 g/mol. The zero-order chi connectivity index (χ0) is 14.2. The maximum absolute atomic E-state index is 12.2. The molecular weight excluding hydrogens is 302 g/mol. The molecule has 0 aliphatic carbocycles. The highest BCUT2D eigenvalue weighted by Gasteiger charge is 2.25. The number of rotatable bonds is 2. The van der Waals surface area contributed by atoms with Gasteiger partial charge in [0.25, 0.3) is 0 Å². The topological polar surface area (TPSA) is 52.3 Å². The van der Waals surface area contributed by atoms with Gasteiger partial charge < -0.3 is 10.5 Å². The third-order valence-corrected chi connectivity index (χ3v) is 4.34. The zero-order valence-electron chi connectivity index (χ0n) is 10.8. The van der Waals surface area contributed by atoms with Crippen molar-refractivity contribution in [3.8, 4) is 10.4 Å². The van der Waals surface area contributed by atoms with E-state index in [1.165, 1.54) is 22.7 Å². The van der Waals surface area contributed by atoms with Crippen LogP contribution in [-0.2, 0) is 4.74 Å². The number of hydrogen-bond donors (Lipinski definition) is 1. The van der Waals surface area contributed by atoms with Crippen LogP contribution < -0.4 is 5.73 Å². The predicted octanol–water partition coefficient (Wildman–Crippen LogP) is 4.67. The van der Waals surface area contributed by atoms with Crippen LogP contribution in [-0.4, -0.2) is 11.6 Å².